The van der Waals surface area contributed by atoms with Crippen LogP contribution >= 0.6 is 0 Å². The summed E-state index contributed by atoms with van der Waals surface area (Å²) in [5, 5.41) is 16.0. The summed E-state index contributed by atoms with van der Waals surface area (Å²) in [5.41, 5.74) is 2.23. The summed E-state index contributed by atoms with van der Waals surface area (Å²) < 4.78 is 3.58. The van der Waals surface area contributed by atoms with Gasteiger partial charge in [-0.15, -0.1) is 5.10 Å². The first kappa shape index (κ1) is 14.3. The fourth-order valence-electron chi connectivity index (χ4n) is 2.57. The predicted molar refractivity (Wildman–Crippen MR) is 89.8 cm³/mol. The van der Waals surface area contributed by atoms with E-state index < -0.39 is 0 Å². The van der Waals surface area contributed by atoms with Crippen LogP contribution in [0.25, 0.3) is 16.9 Å². The number of rotatable bonds is 5. The van der Waals surface area contributed by atoms with Crippen LogP contribution in [-0.4, -0.2) is 40.8 Å². The molecule has 0 aliphatic rings. The van der Waals surface area contributed by atoms with Crippen LogP contribution in [0, 0.1) is 0 Å². The maximum absolute atomic E-state index is 4.33. The molecule has 24 heavy (non-hydrogen) atoms. The summed E-state index contributed by atoms with van der Waals surface area (Å²) in [7, 11) is 0. The minimum atomic E-state index is 0.130. The molecule has 0 fully saturated rings. The van der Waals surface area contributed by atoms with Gasteiger partial charge in [0.05, 0.1) is 12.2 Å². The minimum absolute atomic E-state index is 0.130. The number of hydrogen-bond acceptors (Lipinski definition) is 6. The lowest BCUT2D eigenvalue weighted by molar-refractivity contribution is 0.560. The van der Waals surface area contributed by atoms with Crippen LogP contribution in [0.3, 0.4) is 0 Å². The largest absolute Gasteiger partial charge is 0.364 e. The Balaban J connectivity index is 1.64. The predicted octanol–water partition coefficient (Wildman–Crippen LogP) is 1.91. The molecule has 4 rings (SSSR count). The van der Waals surface area contributed by atoms with E-state index in [1.54, 1.807) is 10.9 Å². The molecule has 0 saturated carbocycles. The smallest absolute Gasteiger partial charge is 0.188 e. The first-order valence-corrected chi connectivity index (χ1v) is 7.67. The monoisotopic (exact) mass is 320 g/mol. The van der Waals surface area contributed by atoms with Crippen molar-refractivity contribution in [3.05, 3.63) is 55.1 Å². The zero-order chi connectivity index (χ0) is 16.4. The van der Waals surface area contributed by atoms with Crippen molar-refractivity contribution in [1.29, 1.82) is 0 Å². The van der Waals surface area contributed by atoms with Gasteiger partial charge in [-0.1, -0.05) is 23.4 Å². The van der Waals surface area contributed by atoms with Crippen LogP contribution in [0.15, 0.2) is 55.1 Å². The van der Waals surface area contributed by atoms with Crippen molar-refractivity contribution < 1.29 is 0 Å². The standard InChI is InChI=1S/C16H16N8/c1-12(10-23-9-5-8-19-23)20-15-14-16(18-11-17-15)24(22-21-14)13-6-3-2-4-7-13/h2-9,11-12H,10H2,1H3,(H,17,18,20)/t12-/m1/s1. The van der Waals surface area contributed by atoms with Crippen LogP contribution in [0.5, 0.6) is 0 Å². The van der Waals surface area contributed by atoms with Crippen LogP contribution in [-0.2, 0) is 6.54 Å². The van der Waals surface area contributed by atoms with E-state index in [0.29, 0.717) is 17.0 Å². The van der Waals surface area contributed by atoms with Gasteiger partial charge in [0.2, 0.25) is 0 Å². The van der Waals surface area contributed by atoms with Crippen molar-refractivity contribution >= 4 is 17.0 Å². The molecule has 0 bridgehead atoms. The number of anilines is 1. The summed E-state index contributed by atoms with van der Waals surface area (Å²) in [5.74, 6) is 0.668. The maximum atomic E-state index is 4.33. The van der Waals surface area contributed by atoms with Gasteiger partial charge in [-0.25, -0.2) is 9.97 Å². The Bertz CT molecular complexity index is 929. The number of hydrogen-bond donors (Lipinski definition) is 1. The second-order valence-electron chi connectivity index (χ2n) is 5.50. The Morgan fingerprint density at radius 3 is 2.79 bits per heavy atom. The molecule has 0 amide bonds. The van der Waals surface area contributed by atoms with E-state index in [0.717, 1.165) is 12.2 Å². The number of nitrogens with one attached hydrogen (secondary N) is 1. The lowest BCUT2D eigenvalue weighted by Crippen LogP contribution is -2.23. The molecule has 0 saturated heterocycles. The van der Waals surface area contributed by atoms with Gasteiger partial charge in [0.25, 0.3) is 0 Å². The Hall–Kier alpha value is -3.29. The van der Waals surface area contributed by atoms with E-state index in [9.17, 15) is 0 Å². The average molecular weight is 320 g/mol. The molecule has 8 nitrogen and oxygen atoms in total. The lowest BCUT2D eigenvalue weighted by atomic mass is 10.3. The molecule has 3 aromatic heterocycles. The molecular formula is C16H16N8. The number of para-hydroxylation sites is 1. The summed E-state index contributed by atoms with van der Waals surface area (Å²) in [6.45, 7) is 2.79. The number of aromatic nitrogens is 7. The fourth-order valence-corrected chi connectivity index (χ4v) is 2.57. The van der Waals surface area contributed by atoms with Crippen molar-refractivity contribution in [1.82, 2.24) is 34.7 Å². The Kier molecular flexibility index (Phi) is 3.62. The van der Waals surface area contributed by atoms with Crippen LogP contribution < -0.4 is 5.32 Å². The molecule has 1 N–H and O–H groups in total. The first-order valence-electron chi connectivity index (χ1n) is 7.67. The van der Waals surface area contributed by atoms with Crippen molar-refractivity contribution in [2.24, 2.45) is 0 Å². The molecule has 120 valence electrons. The Labute approximate surface area is 138 Å². The SMILES string of the molecule is C[C@H](Cn1cccn1)Nc1ncnc2c1nnn2-c1ccccc1. The topological polar surface area (TPSA) is 86.3 Å². The lowest BCUT2D eigenvalue weighted by Gasteiger charge is -2.14. The van der Waals surface area contributed by atoms with E-state index in [-0.39, 0.29) is 6.04 Å². The van der Waals surface area contributed by atoms with Crippen molar-refractivity contribution in [2.75, 3.05) is 5.32 Å². The molecule has 0 aliphatic heterocycles. The highest BCUT2D eigenvalue weighted by Crippen LogP contribution is 2.19. The quantitative estimate of drug-likeness (QED) is 0.604. The van der Waals surface area contributed by atoms with Gasteiger partial charge in [0.1, 0.15) is 6.33 Å². The molecular weight excluding hydrogens is 304 g/mol. The van der Waals surface area contributed by atoms with Gasteiger partial charge >= 0.3 is 0 Å². The third kappa shape index (κ3) is 2.69. The van der Waals surface area contributed by atoms with E-state index in [4.69, 9.17) is 0 Å². The molecule has 1 atom stereocenters. The summed E-state index contributed by atoms with van der Waals surface area (Å²) in [6.07, 6.45) is 5.22. The second kappa shape index (κ2) is 6.07. The van der Waals surface area contributed by atoms with Gasteiger partial charge < -0.3 is 5.32 Å². The fraction of sp³-hybridized carbons (Fsp3) is 0.188. The van der Waals surface area contributed by atoms with E-state index >= 15 is 0 Å². The summed E-state index contributed by atoms with van der Waals surface area (Å²) >= 11 is 0. The molecule has 4 aromatic rings. The van der Waals surface area contributed by atoms with Crippen LogP contribution in [0.1, 0.15) is 6.92 Å². The number of nitrogens with zero attached hydrogens (tertiary/aromatic N) is 7. The molecule has 1 aromatic carbocycles. The average Bonchev–Trinajstić information content (AvgIpc) is 3.25. The van der Waals surface area contributed by atoms with Gasteiger partial charge in [-0.05, 0) is 25.1 Å². The maximum Gasteiger partial charge on any atom is 0.188 e. The van der Waals surface area contributed by atoms with Gasteiger partial charge in [0.15, 0.2) is 17.0 Å². The minimum Gasteiger partial charge on any atom is -0.364 e. The van der Waals surface area contributed by atoms with Gasteiger partial charge in [0, 0.05) is 18.4 Å². The highest BCUT2D eigenvalue weighted by Gasteiger charge is 2.14. The highest BCUT2D eigenvalue weighted by molar-refractivity contribution is 5.83. The first-order chi connectivity index (χ1) is 11.8. The summed E-state index contributed by atoms with van der Waals surface area (Å²) in [6, 6.07) is 11.8. The van der Waals surface area contributed by atoms with Crippen LogP contribution in [0.2, 0.25) is 0 Å². The molecule has 0 aliphatic carbocycles. The Morgan fingerprint density at radius 1 is 1.12 bits per heavy atom. The number of fused-ring (bicyclic) bond motifs is 1. The molecule has 0 unspecified atom stereocenters. The molecule has 0 radical (unpaired) electrons. The van der Waals surface area contributed by atoms with E-state index in [2.05, 4.69) is 37.6 Å². The Morgan fingerprint density at radius 2 is 2.00 bits per heavy atom. The van der Waals surface area contributed by atoms with Crippen LogP contribution in [0.4, 0.5) is 5.82 Å². The van der Waals surface area contributed by atoms with Gasteiger partial charge in [-0.3, -0.25) is 4.68 Å². The second-order valence-corrected chi connectivity index (χ2v) is 5.50. The highest BCUT2D eigenvalue weighted by atomic mass is 15.4. The van der Waals surface area contributed by atoms with Crippen molar-refractivity contribution in [2.45, 2.75) is 19.5 Å². The summed E-state index contributed by atoms with van der Waals surface area (Å²) in [4.78, 5) is 8.65. The zero-order valence-electron chi connectivity index (χ0n) is 13.1. The van der Waals surface area contributed by atoms with Crippen molar-refractivity contribution in [3.63, 3.8) is 0 Å². The van der Waals surface area contributed by atoms with E-state index in [1.165, 1.54) is 6.33 Å². The van der Waals surface area contributed by atoms with Crippen molar-refractivity contribution in [3.8, 4) is 5.69 Å². The third-order valence-corrected chi connectivity index (χ3v) is 3.64. The van der Waals surface area contributed by atoms with Gasteiger partial charge in [-0.2, -0.15) is 9.78 Å². The molecule has 0 spiro atoms. The zero-order valence-corrected chi connectivity index (χ0v) is 13.1. The van der Waals surface area contributed by atoms with E-state index in [1.807, 2.05) is 47.3 Å². The molecule has 8 heteroatoms. The number of benzene rings is 1. The molecule has 3 heterocycles. The normalized spacial score (nSPS) is 12.4. The third-order valence-electron chi connectivity index (χ3n) is 3.64.